The Labute approximate surface area is 199 Å². The Bertz CT molecular complexity index is 1190. The summed E-state index contributed by atoms with van der Waals surface area (Å²) in [6.45, 7) is 6.36. The van der Waals surface area contributed by atoms with Crippen LogP contribution in [0.25, 0.3) is 0 Å². The van der Waals surface area contributed by atoms with Gasteiger partial charge in [-0.25, -0.2) is 4.79 Å². The van der Waals surface area contributed by atoms with Crippen molar-refractivity contribution < 1.29 is 23.8 Å². The normalized spacial score (nSPS) is 21.5. The molecule has 0 aromatic heterocycles. The molecule has 0 unspecified atom stereocenters. The minimum absolute atomic E-state index is 0.0481. The lowest BCUT2D eigenvalue weighted by Gasteiger charge is -2.36. The molecule has 2 heterocycles. The number of dihydropyridines is 1. The zero-order valence-electron chi connectivity index (χ0n) is 19.7. The van der Waals surface area contributed by atoms with Crippen LogP contribution in [0.2, 0.25) is 0 Å². The Morgan fingerprint density at radius 1 is 1.06 bits per heavy atom. The molecular weight excluding hydrogens is 430 g/mol. The lowest BCUT2D eigenvalue weighted by Crippen LogP contribution is -2.36. The standard InChI is InChI=1S/C28H29NO5/c1-16(2)14-32-28(31)25-17(3)29-21-11-20(18-7-5-4-6-8-18)12-22(30)27(21)26(25)19-9-10-23-24(13-19)34-15-33-23/h4-10,13,16,20,26,29H,11-12,14-15H2,1-3H3/t20-,26-/m0/s1. The third-order valence-corrected chi connectivity index (χ3v) is 6.60. The van der Waals surface area contributed by atoms with Crippen molar-refractivity contribution in [1.82, 2.24) is 5.32 Å². The number of carbonyl (C=O) groups excluding carboxylic acids is 2. The lowest BCUT2D eigenvalue weighted by molar-refractivity contribution is -0.140. The molecule has 1 aliphatic carbocycles. The first kappa shape index (κ1) is 22.3. The van der Waals surface area contributed by atoms with Crippen LogP contribution in [0.15, 0.2) is 71.1 Å². The molecule has 34 heavy (non-hydrogen) atoms. The van der Waals surface area contributed by atoms with E-state index in [2.05, 4.69) is 17.4 Å². The van der Waals surface area contributed by atoms with Gasteiger partial charge in [0.1, 0.15) is 0 Å². The van der Waals surface area contributed by atoms with Gasteiger partial charge in [0.05, 0.1) is 12.2 Å². The van der Waals surface area contributed by atoms with Crippen LogP contribution in [-0.4, -0.2) is 25.2 Å². The molecular formula is C28H29NO5. The average Bonchev–Trinajstić information content (AvgIpc) is 3.30. The van der Waals surface area contributed by atoms with E-state index in [0.29, 0.717) is 42.1 Å². The Kier molecular flexibility index (Phi) is 5.90. The maximum absolute atomic E-state index is 13.6. The van der Waals surface area contributed by atoms with Crippen molar-refractivity contribution in [2.75, 3.05) is 13.4 Å². The third-order valence-electron chi connectivity index (χ3n) is 6.60. The van der Waals surface area contributed by atoms with Crippen molar-refractivity contribution in [1.29, 1.82) is 0 Å². The Morgan fingerprint density at radius 2 is 1.82 bits per heavy atom. The van der Waals surface area contributed by atoms with Crippen molar-refractivity contribution >= 4 is 11.8 Å². The van der Waals surface area contributed by atoms with Crippen molar-refractivity contribution in [3.05, 3.63) is 82.2 Å². The fourth-order valence-corrected chi connectivity index (χ4v) is 5.02. The largest absolute Gasteiger partial charge is 0.462 e. The topological polar surface area (TPSA) is 73.9 Å². The number of ketones is 1. The molecule has 5 rings (SSSR count). The van der Waals surface area contributed by atoms with Crippen molar-refractivity contribution in [3.8, 4) is 11.5 Å². The van der Waals surface area contributed by atoms with E-state index in [-0.39, 0.29) is 24.4 Å². The van der Waals surface area contributed by atoms with E-state index < -0.39 is 11.9 Å². The third kappa shape index (κ3) is 4.09. The van der Waals surface area contributed by atoms with Crippen LogP contribution in [-0.2, 0) is 14.3 Å². The molecule has 1 N–H and O–H groups in total. The minimum atomic E-state index is -0.519. The quantitative estimate of drug-likeness (QED) is 0.636. The molecule has 6 heteroatoms. The highest BCUT2D eigenvalue weighted by molar-refractivity contribution is 6.04. The van der Waals surface area contributed by atoms with E-state index >= 15 is 0 Å². The summed E-state index contributed by atoms with van der Waals surface area (Å²) in [5.74, 6) is 0.724. The van der Waals surface area contributed by atoms with Crippen molar-refractivity contribution in [2.24, 2.45) is 5.92 Å². The highest BCUT2D eigenvalue weighted by Crippen LogP contribution is 2.47. The van der Waals surface area contributed by atoms with Crippen LogP contribution in [0.1, 0.15) is 56.6 Å². The second-order valence-electron chi connectivity index (χ2n) is 9.53. The summed E-state index contributed by atoms with van der Waals surface area (Å²) < 4.78 is 16.7. The van der Waals surface area contributed by atoms with Crippen molar-refractivity contribution in [2.45, 2.75) is 45.4 Å². The zero-order valence-corrected chi connectivity index (χ0v) is 19.7. The molecule has 0 amide bonds. The van der Waals surface area contributed by atoms with Gasteiger partial charge >= 0.3 is 5.97 Å². The number of hydrogen-bond acceptors (Lipinski definition) is 6. The summed E-state index contributed by atoms with van der Waals surface area (Å²) in [6.07, 6.45) is 1.11. The van der Waals surface area contributed by atoms with E-state index in [1.165, 1.54) is 0 Å². The van der Waals surface area contributed by atoms with Gasteiger partial charge in [-0.05, 0) is 48.4 Å². The number of allylic oxidation sites excluding steroid dienone is 3. The number of benzene rings is 2. The Hall–Kier alpha value is -3.54. The first-order valence-electron chi connectivity index (χ1n) is 11.8. The number of nitrogens with one attached hydrogen (secondary N) is 1. The van der Waals surface area contributed by atoms with Gasteiger partial charge in [-0.3, -0.25) is 4.79 Å². The van der Waals surface area contributed by atoms with E-state index in [9.17, 15) is 9.59 Å². The van der Waals surface area contributed by atoms with Crippen LogP contribution in [0.3, 0.4) is 0 Å². The zero-order chi connectivity index (χ0) is 23.8. The first-order valence-corrected chi connectivity index (χ1v) is 11.8. The lowest BCUT2D eigenvalue weighted by atomic mass is 9.71. The molecule has 2 aliphatic heterocycles. The molecule has 2 aromatic carbocycles. The predicted octanol–water partition coefficient (Wildman–Crippen LogP) is 4.98. The molecule has 6 nitrogen and oxygen atoms in total. The maximum atomic E-state index is 13.6. The Balaban J connectivity index is 1.57. The summed E-state index contributed by atoms with van der Waals surface area (Å²) in [5, 5.41) is 3.40. The average molecular weight is 460 g/mol. The maximum Gasteiger partial charge on any atom is 0.336 e. The number of esters is 1. The van der Waals surface area contributed by atoms with E-state index in [1.54, 1.807) is 0 Å². The molecule has 176 valence electrons. The SMILES string of the molecule is CC1=C(C(=O)OCC(C)C)[C@H](c2ccc3c(c2)OCO3)C2=C(C[C@H](c3ccccc3)CC2=O)N1. The van der Waals surface area contributed by atoms with Crippen LogP contribution in [0.5, 0.6) is 11.5 Å². The van der Waals surface area contributed by atoms with Gasteiger partial charge in [0.25, 0.3) is 0 Å². The molecule has 2 aromatic rings. The van der Waals surface area contributed by atoms with Crippen LogP contribution < -0.4 is 14.8 Å². The highest BCUT2D eigenvalue weighted by atomic mass is 16.7. The number of hydrogen-bond donors (Lipinski definition) is 1. The van der Waals surface area contributed by atoms with Gasteiger partial charge in [-0.2, -0.15) is 0 Å². The fraction of sp³-hybridized carbons (Fsp3) is 0.357. The smallest absolute Gasteiger partial charge is 0.336 e. The van der Waals surface area contributed by atoms with E-state index in [1.807, 2.05) is 57.2 Å². The molecule has 0 radical (unpaired) electrons. The van der Waals surface area contributed by atoms with E-state index in [4.69, 9.17) is 14.2 Å². The van der Waals surface area contributed by atoms with Gasteiger partial charge in [-0.15, -0.1) is 0 Å². The molecule has 0 fully saturated rings. The summed E-state index contributed by atoms with van der Waals surface area (Å²) >= 11 is 0. The Morgan fingerprint density at radius 3 is 2.59 bits per heavy atom. The molecule has 0 spiro atoms. The van der Waals surface area contributed by atoms with Crippen molar-refractivity contribution in [3.63, 3.8) is 0 Å². The summed E-state index contributed by atoms with van der Waals surface area (Å²) in [6, 6.07) is 15.7. The highest BCUT2D eigenvalue weighted by Gasteiger charge is 2.41. The monoisotopic (exact) mass is 459 g/mol. The van der Waals surface area contributed by atoms with Gasteiger partial charge in [0.15, 0.2) is 17.3 Å². The van der Waals surface area contributed by atoms with E-state index in [0.717, 1.165) is 22.5 Å². The molecule has 0 saturated carbocycles. The molecule has 3 aliphatic rings. The molecule has 0 bridgehead atoms. The second-order valence-corrected chi connectivity index (χ2v) is 9.53. The van der Waals surface area contributed by atoms with Gasteiger partial charge in [-0.1, -0.05) is 50.2 Å². The number of carbonyl (C=O) groups is 2. The van der Waals surface area contributed by atoms with Gasteiger partial charge < -0.3 is 19.5 Å². The van der Waals surface area contributed by atoms with Crippen LogP contribution >= 0.6 is 0 Å². The number of rotatable bonds is 5. The van der Waals surface area contributed by atoms with Crippen LogP contribution in [0.4, 0.5) is 0 Å². The molecule has 0 saturated heterocycles. The number of ether oxygens (including phenoxy) is 3. The van der Waals surface area contributed by atoms with Gasteiger partial charge in [0, 0.05) is 29.3 Å². The van der Waals surface area contributed by atoms with Crippen LogP contribution in [0, 0.1) is 5.92 Å². The second kappa shape index (κ2) is 9.01. The fourth-order valence-electron chi connectivity index (χ4n) is 5.02. The number of Topliss-reactive ketones (excluding diaryl/α,β-unsaturated/α-hetero) is 1. The summed E-state index contributed by atoms with van der Waals surface area (Å²) in [4.78, 5) is 26.9. The minimum Gasteiger partial charge on any atom is -0.462 e. The number of fused-ring (bicyclic) bond motifs is 1. The summed E-state index contributed by atoms with van der Waals surface area (Å²) in [5.41, 5.74) is 4.69. The predicted molar refractivity (Wildman–Crippen MR) is 127 cm³/mol. The first-order chi connectivity index (χ1) is 16.4. The molecule has 2 atom stereocenters. The van der Waals surface area contributed by atoms with Gasteiger partial charge in [0.2, 0.25) is 6.79 Å². The summed E-state index contributed by atoms with van der Waals surface area (Å²) in [7, 11) is 0.